The molecule has 3 nitrogen and oxygen atoms in total. The second kappa shape index (κ2) is 10.1. The molecule has 0 atom stereocenters. The second-order valence-electron chi connectivity index (χ2n) is 1.50. The molecule has 0 heterocycles. The summed E-state index contributed by atoms with van der Waals surface area (Å²) in [6.07, 6.45) is 0. The average molecular weight is 341 g/mol. The molecule has 0 bridgehead atoms. The van der Waals surface area contributed by atoms with Crippen molar-refractivity contribution in [2.45, 2.75) is 0 Å². The third-order valence-corrected chi connectivity index (χ3v) is 0.667. The molecule has 0 aliphatic carbocycles. The Morgan fingerprint density at radius 3 is 0.818 bits per heavy atom. The first-order valence-corrected chi connectivity index (χ1v) is 2.77. The monoisotopic (exact) mass is 342 g/mol. The third kappa shape index (κ3) is 17.8. The van der Waals surface area contributed by atoms with E-state index in [1.165, 1.54) is 0 Å². The standard InChI is InChI=1S/C6H6.BH3O3.Hg/c1-2-4-6-5-3-1;2-1(3)4;/h1-6H;2-4H;. The topological polar surface area (TPSA) is 60.7 Å². The number of benzene rings is 1. The molecular formula is C6H9BHgO3. The Bertz CT molecular complexity index is 118. The molecule has 0 saturated heterocycles. The molecule has 11 heavy (non-hydrogen) atoms. The Hall–Kier alpha value is 0.1000. The van der Waals surface area contributed by atoms with Gasteiger partial charge in [-0.25, -0.2) is 0 Å². The van der Waals surface area contributed by atoms with Crippen molar-refractivity contribution >= 4 is 7.32 Å². The van der Waals surface area contributed by atoms with E-state index in [0.29, 0.717) is 0 Å². The van der Waals surface area contributed by atoms with Crippen LogP contribution in [0.25, 0.3) is 0 Å². The molecule has 0 spiro atoms. The van der Waals surface area contributed by atoms with E-state index in [-0.39, 0.29) is 27.7 Å². The SMILES string of the molecule is OB(O)O.[Hg].c1ccccc1. The fraction of sp³-hybridized carbons (Fsp3) is 0. The molecule has 0 aliphatic rings. The van der Waals surface area contributed by atoms with Gasteiger partial charge in [-0.1, -0.05) is 36.4 Å². The zero-order chi connectivity index (χ0) is 7.82. The fourth-order valence-electron chi connectivity index (χ4n) is 0.385. The van der Waals surface area contributed by atoms with Crippen LogP contribution in [0.3, 0.4) is 0 Å². The molecule has 0 radical (unpaired) electrons. The molecule has 1 rings (SSSR count). The second-order valence-corrected chi connectivity index (χ2v) is 1.50. The Balaban J connectivity index is 0. The smallest absolute Gasteiger partial charge is 0.402 e. The van der Waals surface area contributed by atoms with Gasteiger partial charge in [-0.3, -0.25) is 0 Å². The number of hydrogen-bond acceptors (Lipinski definition) is 3. The maximum Gasteiger partial charge on any atom is 0.631 e. The van der Waals surface area contributed by atoms with Crippen molar-refractivity contribution in [3.05, 3.63) is 36.4 Å². The summed E-state index contributed by atoms with van der Waals surface area (Å²) in [5, 5.41) is 21.5. The molecular weight excluding hydrogens is 331 g/mol. The minimum atomic E-state index is -2.17. The van der Waals surface area contributed by atoms with Gasteiger partial charge in [0.25, 0.3) is 0 Å². The van der Waals surface area contributed by atoms with Crippen LogP contribution in [0, 0.1) is 0 Å². The summed E-state index contributed by atoms with van der Waals surface area (Å²) in [4.78, 5) is 0. The van der Waals surface area contributed by atoms with E-state index in [1.54, 1.807) is 0 Å². The first kappa shape index (κ1) is 13.7. The molecule has 1 aromatic rings. The normalized spacial score (nSPS) is 6.82. The van der Waals surface area contributed by atoms with Gasteiger partial charge in [0.1, 0.15) is 0 Å². The van der Waals surface area contributed by atoms with Gasteiger partial charge in [-0.15, -0.1) is 0 Å². The van der Waals surface area contributed by atoms with Crippen molar-refractivity contribution in [2.75, 3.05) is 0 Å². The van der Waals surface area contributed by atoms with Gasteiger partial charge in [-0.05, 0) is 0 Å². The van der Waals surface area contributed by atoms with Crippen molar-refractivity contribution in [1.29, 1.82) is 0 Å². The van der Waals surface area contributed by atoms with E-state index in [1.807, 2.05) is 36.4 Å². The minimum Gasteiger partial charge on any atom is -0.402 e. The van der Waals surface area contributed by atoms with Crippen molar-refractivity contribution < 1.29 is 42.7 Å². The molecule has 0 amide bonds. The molecule has 0 aromatic heterocycles. The van der Waals surface area contributed by atoms with Crippen molar-refractivity contribution in [3.63, 3.8) is 0 Å². The van der Waals surface area contributed by atoms with Gasteiger partial charge in [0.05, 0.1) is 0 Å². The Kier molecular flexibility index (Phi) is 12.6. The Morgan fingerprint density at radius 2 is 0.727 bits per heavy atom. The van der Waals surface area contributed by atoms with Gasteiger partial charge < -0.3 is 15.1 Å². The van der Waals surface area contributed by atoms with Gasteiger partial charge in [0.15, 0.2) is 0 Å². The van der Waals surface area contributed by atoms with E-state index >= 15 is 0 Å². The van der Waals surface area contributed by atoms with E-state index in [2.05, 4.69) is 0 Å². The molecule has 0 saturated carbocycles. The van der Waals surface area contributed by atoms with Crippen LogP contribution in [0.5, 0.6) is 0 Å². The maximum atomic E-state index is 7.17. The van der Waals surface area contributed by atoms with Gasteiger partial charge in [0.2, 0.25) is 0 Å². The molecule has 0 unspecified atom stereocenters. The van der Waals surface area contributed by atoms with Crippen LogP contribution in [0.4, 0.5) is 0 Å². The first-order valence-electron chi connectivity index (χ1n) is 2.77. The van der Waals surface area contributed by atoms with Gasteiger partial charge in [0, 0.05) is 27.7 Å². The molecule has 1 aromatic carbocycles. The largest absolute Gasteiger partial charge is 0.631 e. The maximum absolute atomic E-state index is 7.17. The van der Waals surface area contributed by atoms with Crippen LogP contribution < -0.4 is 0 Å². The van der Waals surface area contributed by atoms with Crippen molar-refractivity contribution in [3.8, 4) is 0 Å². The first-order chi connectivity index (χ1) is 4.73. The van der Waals surface area contributed by atoms with Gasteiger partial charge >= 0.3 is 7.32 Å². The average Bonchev–Trinajstić information content (AvgIpc) is 1.90. The predicted octanol–water partition coefficient (Wildman–Crippen LogP) is -0.368. The fourth-order valence-corrected chi connectivity index (χ4v) is 0.385. The van der Waals surface area contributed by atoms with Crippen LogP contribution in [-0.2, 0) is 27.7 Å². The zero-order valence-corrected chi connectivity index (χ0v) is 11.6. The van der Waals surface area contributed by atoms with Crippen LogP contribution in [0.15, 0.2) is 36.4 Å². The quantitative estimate of drug-likeness (QED) is 0.565. The summed E-state index contributed by atoms with van der Waals surface area (Å²) < 4.78 is 0. The van der Waals surface area contributed by atoms with Gasteiger partial charge in [-0.2, -0.15) is 0 Å². The van der Waals surface area contributed by atoms with Crippen LogP contribution in [-0.4, -0.2) is 22.4 Å². The minimum absolute atomic E-state index is 0. The van der Waals surface area contributed by atoms with E-state index < -0.39 is 7.32 Å². The molecule has 5 heteroatoms. The zero-order valence-electron chi connectivity index (χ0n) is 6.09. The Morgan fingerprint density at radius 1 is 0.636 bits per heavy atom. The van der Waals surface area contributed by atoms with Crippen LogP contribution in [0.2, 0.25) is 0 Å². The van der Waals surface area contributed by atoms with E-state index in [0.717, 1.165) is 0 Å². The molecule has 0 aliphatic heterocycles. The van der Waals surface area contributed by atoms with Crippen molar-refractivity contribution in [1.82, 2.24) is 0 Å². The van der Waals surface area contributed by atoms with Crippen LogP contribution >= 0.6 is 0 Å². The summed E-state index contributed by atoms with van der Waals surface area (Å²) >= 11 is 0. The van der Waals surface area contributed by atoms with Crippen LogP contribution in [0.1, 0.15) is 0 Å². The number of rotatable bonds is 0. The van der Waals surface area contributed by atoms with E-state index in [9.17, 15) is 0 Å². The molecule has 56 valence electrons. The summed E-state index contributed by atoms with van der Waals surface area (Å²) in [5.74, 6) is 0. The van der Waals surface area contributed by atoms with Crippen molar-refractivity contribution in [2.24, 2.45) is 0 Å². The summed E-state index contributed by atoms with van der Waals surface area (Å²) in [7, 11) is -2.17. The third-order valence-electron chi connectivity index (χ3n) is 0.667. The molecule has 0 fully saturated rings. The number of hydrogen-bond donors (Lipinski definition) is 3. The Labute approximate surface area is 86.4 Å². The van der Waals surface area contributed by atoms with E-state index in [4.69, 9.17) is 15.1 Å². The predicted molar refractivity (Wildman–Crippen MR) is 38.9 cm³/mol. The molecule has 3 N–H and O–H groups in total. The summed E-state index contributed by atoms with van der Waals surface area (Å²) in [6, 6.07) is 12.0. The summed E-state index contributed by atoms with van der Waals surface area (Å²) in [5.41, 5.74) is 0. The summed E-state index contributed by atoms with van der Waals surface area (Å²) in [6.45, 7) is 0.